The van der Waals surface area contributed by atoms with Crippen LogP contribution in [0.2, 0.25) is 0 Å². The summed E-state index contributed by atoms with van der Waals surface area (Å²) in [4.78, 5) is 0. The highest BCUT2D eigenvalue weighted by Crippen LogP contribution is 2.22. The molecule has 1 aromatic heterocycles. The molecule has 2 aliphatic rings. The van der Waals surface area contributed by atoms with Gasteiger partial charge in [-0.1, -0.05) is 0 Å². The molecule has 94 valence electrons. The molecule has 1 unspecified atom stereocenters. The van der Waals surface area contributed by atoms with E-state index < -0.39 is 0 Å². The normalized spacial score (nSPS) is 22.6. The highest BCUT2D eigenvalue weighted by molar-refractivity contribution is 7.99. The molecule has 2 aliphatic heterocycles. The molecule has 1 fully saturated rings. The van der Waals surface area contributed by atoms with Crippen molar-refractivity contribution >= 4 is 11.8 Å². The first kappa shape index (κ1) is 11.5. The van der Waals surface area contributed by atoms with Crippen LogP contribution in [0.15, 0.2) is 0 Å². The maximum atomic E-state index is 4.35. The lowest BCUT2D eigenvalue weighted by molar-refractivity contribution is 0.410. The monoisotopic (exact) mass is 252 g/mol. The predicted molar refractivity (Wildman–Crippen MR) is 70.2 cm³/mol. The molecule has 17 heavy (non-hydrogen) atoms. The summed E-state index contributed by atoms with van der Waals surface area (Å²) >= 11 is 2.07. The molecule has 0 aromatic carbocycles. The van der Waals surface area contributed by atoms with Gasteiger partial charge in [-0.15, -0.1) is 10.2 Å². The van der Waals surface area contributed by atoms with Gasteiger partial charge in [-0.25, -0.2) is 0 Å². The average Bonchev–Trinajstić information content (AvgIpc) is 2.91. The first-order valence-electron chi connectivity index (χ1n) is 6.60. The lowest BCUT2D eigenvalue weighted by Crippen LogP contribution is -2.35. The van der Waals surface area contributed by atoms with Crippen LogP contribution < -0.4 is 5.32 Å². The van der Waals surface area contributed by atoms with Crippen molar-refractivity contribution in [3.8, 4) is 0 Å². The van der Waals surface area contributed by atoms with E-state index in [1.165, 1.54) is 36.6 Å². The van der Waals surface area contributed by atoms with E-state index in [4.69, 9.17) is 0 Å². The molecule has 5 heteroatoms. The van der Waals surface area contributed by atoms with Gasteiger partial charge in [0, 0.05) is 19.0 Å². The van der Waals surface area contributed by atoms with Crippen LogP contribution >= 0.6 is 11.8 Å². The molecule has 4 nitrogen and oxygen atoms in total. The summed E-state index contributed by atoms with van der Waals surface area (Å²) in [6.45, 7) is 3.32. The van der Waals surface area contributed by atoms with Gasteiger partial charge in [0.1, 0.15) is 11.6 Å². The fourth-order valence-corrected chi connectivity index (χ4v) is 3.89. The quantitative estimate of drug-likeness (QED) is 0.890. The number of fused-ring (bicyclic) bond motifs is 1. The van der Waals surface area contributed by atoms with Crippen molar-refractivity contribution < 1.29 is 0 Å². The molecular weight excluding hydrogens is 232 g/mol. The van der Waals surface area contributed by atoms with Gasteiger partial charge < -0.3 is 9.88 Å². The Morgan fingerprint density at radius 3 is 3.00 bits per heavy atom. The minimum absolute atomic E-state index is 0.336. The van der Waals surface area contributed by atoms with Gasteiger partial charge in [-0.3, -0.25) is 0 Å². The number of hydrogen-bond acceptors (Lipinski definition) is 4. The second-order valence-corrected chi connectivity index (χ2v) is 6.23. The lowest BCUT2D eigenvalue weighted by atomic mass is 10.1. The molecule has 0 aliphatic carbocycles. The summed E-state index contributed by atoms with van der Waals surface area (Å²) in [7, 11) is 0. The molecule has 3 heterocycles. The van der Waals surface area contributed by atoms with Gasteiger partial charge in [-0.2, -0.15) is 11.8 Å². The largest absolute Gasteiger partial charge is 0.314 e. The third-order valence-electron chi connectivity index (χ3n) is 3.73. The van der Waals surface area contributed by atoms with Crippen LogP contribution in [-0.2, 0) is 13.0 Å². The van der Waals surface area contributed by atoms with Gasteiger partial charge in [0.15, 0.2) is 0 Å². The van der Waals surface area contributed by atoms with Crippen LogP contribution in [0.4, 0.5) is 0 Å². The number of hydrogen-bond donors (Lipinski definition) is 1. The molecule has 0 amide bonds. The van der Waals surface area contributed by atoms with Crippen molar-refractivity contribution in [3.05, 3.63) is 11.6 Å². The van der Waals surface area contributed by atoms with E-state index in [1.807, 2.05) is 0 Å². The summed E-state index contributed by atoms with van der Waals surface area (Å²) < 4.78 is 2.30. The zero-order valence-corrected chi connectivity index (χ0v) is 11.2. The Labute approximate surface area is 107 Å². The molecule has 0 radical (unpaired) electrons. The smallest absolute Gasteiger partial charge is 0.149 e. The lowest BCUT2D eigenvalue weighted by Gasteiger charge is -2.26. The van der Waals surface area contributed by atoms with E-state index in [1.54, 1.807) is 0 Å². The summed E-state index contributed by atoms with van der Waals surface area (Å²) in [5, 5.41) is 12.3. The number of nitrogens with one attached hydrogen (secondary N) is 1. The van der Waals surface area contributed by atoms with Crippen LogP contribution in [0.25, 0.3) is 0 Å². The van der Waals surface area contributed by atoms with Gasteiger partial charge >= 0.3 is 0 Å². The fourth-order valence-electron chi connectivity index (χ4n) is 2.79. The van der Waals surface area contributed by atoms with Crippen molar-refractivity contribution in [2.75, 3.05) is 11.5 Å². The molecule has 1 aromatic rings. The van der Waals surface area contributed by atoms with Crippen LogP contribution in [-0.4, -0.2) is 32.3 Å². The fraction of sp³-hybridized carbons (Fsp3) is 0.833. The zero-order valence-electron chi connectivity index (χ0n) is 10.4. The summed E-state index contributed by atoms with van der Waals surface area (Å²) in [6.07, 6.45) is 4.90. The Bertz CT molecular complexity index is 384. The maximum Gasteiger partial charge on any atom is 0.149 e. The molecular formula is C12H20N4S. The summed E-state index contributed by atoms with van der Waals surface area (Å²) in [6, 6.07) is 1.00. The summed E-state index contributed by atoms with van der Waals surface area (Å²) in [5.74, 6) is 4.90. The van der Waals surface area contributed by atoms with Crippen LogP contribution in [0.3, 0.4) is 0 Å². The molecule has 1 atom stereocenters. The molecule has 3 rings (SSSR count). The second kappa shape index (κ2) is 4.98. The maximum absolute atomic E-state index is 4.35. The Kier molecular flexibility index (Phi) is 3.38. The zero-order chi connectivity index (χ0) is 11.7. The predicted octanol–water partition coefficient (Wildman–Crippen LogP) is 1.77. The van der Waals surface area contributed by atoms with Crippen LogP contribution in [0, 0.1) is 0 Å². The number of aromatic nitrogens is 3. The molecule has 0 saturated carbocycles. The van der Waals surface area contributed by atoms with E-state index >= 15 is 0 Å². The highest BCUT2D eigenvalue weighted by atomic mass is 32.2. The van der Waals surface area contributed by atoms with E-state index in [0.29, 0.717) is 12.1 Å². The minimum Gasteiger partial charge on any atom is -0.314 e. The standard InChI is InChI=1S/C12H20N4S/c1-9(13-10-4-7-17-8-5-10)12-15-14-11-3-2-6-16(11)12/h9-10,13H,2-8H2,1H3. The topological polar surface area (TPSA) is 42.7 Å². The second-order valence-electron chi connectivity index (χ2n) is 5.00. The van der Waals surface area contributed by atoms with Crippen LogP contribution in [0.5, 0.6) is 0 Å². The minimum atomic E-state index is 0.336. The van der Waals surface area contributed by atoms with E-state index in [-0.39, 0.29) is 0 Å². The van der Waals surface area contributed by atoms with E-state index in [0.717, 1.165) is 18.8 Å². The molecule has 0 spiro atoms. The highest BCUT2D eigenvalue weighted by Gasteiger charge is 2.23. The SMILES string of the molecule is CC(NC1CCSCC1)c1nnc2n1CCC2. The Morgan fingerprint density at radius 1 is 1.35 bits per heavy atom. The van der Waals surface area contributed by atoms with E-state index in [2.05, 4.69) is 38.8 Å². The van der Waals surface area contributed by atoms with Gasteiger partial charge in [-0.05, 0) is 37.7 Å². The van der Waals surface area contributed by atoms with Crippen molar-refractivity contribution in [1.29, 1.82) is 0 Å². The number of aryl methyl sites for hydroxylation is 1. The van der Waals surface area contributed by atoms with E-state index in [9.17, 15) is 0 Å². The van der Waals surface area contributed by atoms with Crippen molar-refractivity contribution in [2.24, 2.45) is 0 Å². The summed E-state index contributed by atoms with van der Waals surface area (Å²) in [5.41, 5.74) is 0. The van der Waals surface area contributed by atoms with Gasteiger partial charge in [0.25, 0.3) is 0 Å². The third kappa shape index (κ3) is 2.36. The van der Waals surface area contributed by atoms with Gasteiger partial charge in [0.05, 0.1) is 6.04 Å². The molecule has 0 bridgehead atoms. The number of nitrogens with zero attached hydrogens (tertiary/aromatic N) is 3. The number of thioether (sulfide) groups is 1. The van der Waals surface area contributed by atoms with Crippen LogP contribution in [0.1, 0.15) is 43.9 Å². The Morgan fingerprint density at radius 2 is 2.18 bits per heavy atom. The van der Waals surface area contributed by atoms with Crippen molar-refractivity contribution in [3.63, 3.8) is 0 Å². The Balaban J connectivity index is 1.66. The average molecular weight is 252 g/mol. The first-order valence-corrected chi connectivity index (χ1v) is 7.76. The number of rotatable bonds is 3. The molecule has 1 N–H and O–H groups in total. The van der Waals surface area contributed by atoms with Crippen molar-refractivity contribution in [1.82, 2.24) is 20.1 Å². The first-order chi connectivity index (χ1) is 8.34. The third-order valence-corrected chi connectivity index (χ3v) is 4.78. The Hall–Kier alpha value is -0.550. The van der Waals surface area contributed by atoms with Crippen molar-refractivity contribution in [2.45, 2.75) is 51.2 Å². The molecule has 1 saturated heterocycles. The van der Waals surface area contributed by atoms with Gasteiger partial charge in [0.2, 0.25) is 0 Å².